The molecule has 0 bridgehead atoms. The monoisotopic (exact) mass is 194 g/mol. The number of carbonyl (C=O) groups is 1. The number of benzene rings is 1. The van der Waals surface area contributed by atoms with Crippen LogP contribution >= 0.6 is 0 Å². The number of carbonyl (C=O) groups excluding carboxylic acids is 1. The number of aldehydes is 1. The van der Waals surface area contributed by atoms with E-state index in [2.05, 4.69) is 0 Å². The van der Waals surface area contributed by atoms with E-state index < -0.39 is 11.8 Å². The van der Waals surface area contributed by atoms with Gasteiger partial charge in [0.2, 0.25) is 0 Å². The van der Waals surface area contributed by atoms with Gasteiger partial charge in [0.15, 0.2) is 5.72 Å². The maximum Gasteiger partial charge on any atom is 0.154 e. The van der Waals surface area contributed by atoms with E-state index in [4.69, 9.17) is 11.5 Å². The molecule has 0 fully saturated rings. The minimum atomic E-state index is -1.55. The van der Waals surface area contributed by atoms with Crippen LogP contribution in [0.1, 0.15) is 22.8 Å². The van der Waals surface area contributed by atoms with E-state index in [1.54, 1.807) is 31.2 Å². The second kappa shape index (κ2) is 3.88. The molecule has 2 unspecified atom stereocenters. The number of nitrogens with two attached hydrogens (primary N) is 2. The molecular formula is C10H14N2O2. The third-order valence-corrected chi connectivity index (χ3v) is 2.20. The van der Waals surface area contributed by atoms with Gasteiger partial charge in [-0.3, -0.25) is 10.5 Å². The minimum Gasteiger partial charge on any atom is -0.370 e. The van der Waals surface area contributed by atoms with Crippen LogP contribution in [0, 0.1) is 0 Å². The smallest absolute Gasteiger partial charge is 0.154 e. The van der Waals surface area contributed by atoms with E-state index in [9.17, 15) is 9.90 Å². The summed E-state index contributed by atoms with van der Waals surface area (Å²) in [5, 5.41) is 9.79. The van der Waals surface area contributed by atoms with E-state index in [1.165, 1.54) is 0 Å². The zero-order valence-electron chi connectivity index (χ0n) is 7.97. The molecule has 0 saturated heterocycles. The quantitative estimate of drug-likeness (QED) is 0.465. The zero-order chi connectivity index (χ0) is 10.8. The highest BCUT2D eigenvalue weighted by atomic mass is 16.3. The number of hydrogen-bond donors (Lipinski definition) is 3. The Morgan fingerprint density at radius 2 is 1.93 bits per heavy atom. The van der Waals surface area contributed by atoms with Gasteiger partial charge in [0, 0.05) is 11.6 Å². The molecule has 1 aromatic carbocycles. The lowest BCUT2D eigenvalue weighted by molar-refractivity contribution is 0.0216. The molecular weight excluding hydrogens is 180 g/mol. The highest BCUT2D eigenvalue weighted by Crippen LogP contribution is 2.18. The predicted octanol–water partition coefficient (Wildman–Crippen LogP) is -0.0499. The molecule has 1 aromatic rings. The Labute approximate surface area is 82.5 Å². The summed E-state index contributed by atoms with van der Waals surface area (Å²) < 4.78 is 0. The van der Waals surface area contributed by atoms with Crippen molar-refractivity contribution in [2.24, 2.45) is 11.5 Å². The summed E-state index contributed by atoms with van der Waals surface area (Å²) in [4.78, 5) is 10.4. The van der Waals surface area contributed by atoms with Gasteiger partial charge < -0.3 is 10.8 Å². The SMILES string of the molecule is CC(N)C(N)(O)c1ccc(C=O)cc1. The van der Waals surface area contributed by atoms with Gasteiger partial charge in [-0.25, -0.2) is 0 Å². The molecule has 0 saturated carbocycles. The first kappa shape index (κ1) is 10.8. The fraction of sp³-hybridized carbons (Fsp3) is 0.300. The molecule has 0 amide bonds. The Morgan fingerprint density at radius 1 is 1.43 bits per heavy atom. The summed E-state index contributed by atoms with van der Waals surface area (Å²) in [6.45, 7) is 1.62. The van der Waals surface area contributed by atoms with Crippen molar-refractivity contribution in [2.75, 3.05) is 0 Å². The largest absolute Gasteiger partial charge is 0.370 e. The van der Waals surface area contributed by atoms with Gasteiger partial charge in [-0.05, 0) is 12.5 Å². The van der Waals surface area contributed by atoms with E-state index in [0.717, 1.165) is 6.29 Å². The lowest BCUT2D eigenvalue weighted by Crippen LogP contribution is -2.50. The standard InChI is InChI=1S/C10H14N2O2/c1-7(11)10(12,14)9-4-2-8(6-13)3-5-9/h2-7,14H,11-12H2,1H3. The molecule has 0 aliphatic heterocycles. The molecule has 76 valence electrons. The van der Waals surface area contributed by atoms with Gasteiger partial charge in [-0.1, -0.05) is 24.3 Å². The highest BCUT2D eigenvalue weighted by molar-refractivity contribution is 5.74. The molecule has 0 heterocycles. The fourth-order valence-corrected chi connectivity index (χ4v) is 1.09. The Balaban J connectivity index is 3.02. The van der Waals surface area contributed by atoms with Crippen LogP contribution in [0.3, 0.4) is 0 Å². The maximum absolute atomic E-state index is 10.4. The summed E-state index contributed by atoms with van der Waals surface area (Å²) >= 11 is 0. The molecule has 2 atom stereocenters. The number of hydrogen-bond acceptors (Lipinski definition) is 4. The Bertz CT molecular complexity index is 317. The van der Waals surface area contributed by atoms with Crippen LogP contribution in [0.25, 0.3) is 0 Å². The van der Waals surface area contributed by atoms with Crippen molar-refractivity contribution < 1.29 is 9.90 Å². The Morgan fingerprint density at radius 3 is 2.29 bits per heavy atom. The van der Waals surface area contributed by atoms with Crippen molar-refractivity contribution in [1.82, 2.24) is 0 Å². The van der Waals surface area contributed by atoms with Crippen molar-refractivity contribution in [2.45, 2.75) is 18.7 Å². The second-order valence-electron chi connectivity index (χ2n) is 3.35. The molecule has 0 aromatic heterocycles. The van der Waals surface area contributed by atoms with Gasteiger partial charge in [0.1, 0.15) is 6.29 Å². The average Bonchev–Trinajstić information content (AvgIpc) is 2.17. The molecule has 14 heavy (non-hydrogen) atoms. The van der Waals surface area contributed by atoms with Gasteiger partial charge in [-0.2, -0.15) is 0 Å². The van der Waals surface area contributed by atoms with Crippen LogP contribution in [-0.4, -0.2) is 17.4 Å². The first-order valence-electron chi connectivity index (χ1n) is 4.31. The van der Waals surface area contributed by atoms with Crippen molar-refractivity contribution in [1.29, 1.82) is 0 Å². The normalized spacial score (nSPS) is 17.1. The van der Waals surface area contributed by atoms with Crippen LogP contribution in [0.5, 0.6) is 0 Å². The van der Waals surface area contributed by atoms with Crippen LogP contribution in [0.4, 0.5) is 0 Å². The summed E-state index contributed by atoms with van der Waals surface area (Å²) in [6, 6.07) is 5.77. The topological polar surface area (TPSA) is 89.3 Å². The van der Waals surface area contributed by atoms with E-state index in [-0.39, 0.29) is 0 Å². The van der Waals surface area contributed by atoms with Crippen molar-refractivity contribution in [3.63, 3.8) is 0 Å². The highest BCUT2D eigenvalue weighted by Gasteiger charge is 2.28. The summed E-state index contributed by atoms with van der Waals surface area (Å²) in [6.07, 6.45) is 0.727. The van der Waals surface area contributed by atoms with E-state index in [1.807, 2.05) is 0 Å². The molecule has 0 aliphatic rings. The molecule has 5 N–H and O–H groups in total. The van der Waals surface area contributed by atoms with E-state index >= 15 is 0 Å². The van der Waals surface area contributed by atoms with Crippen LogP contribution < -0.4 is 11.5 Å². The van der Waals surface area contributed by atoms with Gasteiger partial charge in [0.25, 0.3) is 0 Å². The first-order chi connectivity index (χ1) is 6.48. The average molecular weight is 194 g/mol. The van der Waals surface area contributed by atoms with Crippen LogP contribution in [0.2, 0.25) is 0 Å². The third-order valence-electron chi connectivity index (χ3n) is 2.20. The summed E-state index contributed by atoms with van der Waals surface area (Å²) in [5.41, 5.74) is 10.6. The van der Waals surface area contributed by atoms with Crippen LogP contribution in [0.15, 0.2) is 24.3 Å². The van der Waals surface area contributed by atoms with E-state index in [0.29, 0.717) is 11.1 Å². The molecule has 0 aliphatic carbocycles. The van der Waals surface area contributed by atoms with Crippen molar-refractivity contribution >= 4 is 6.29 Å². The van der Waals surface area contributed by atoms with Crippen LogP contribution in [-0.2, 0) is 5.72 Å². The first-order valence-corrected chi connectivity index (χ1v) is 4.31. The molecule has 4 heteroatoms. The molecule has 0 radical (unpaired) electrons. The van der Waals surface area contributed by atoms with Gasteiger partial charge in [-0.15, -0.1) is 0 Å². The Kier molecular flexibility index (Phi) is 3.00. The number of rotatable bonds is 3. The van der Waals surface area contributed by atoms with Gasteiger partial charge in [0.05, 0.1) is 0 Å². The fourth-order valence-electron chi connectivity index (χ4n) is 1.09. The maximum atomic E-state index is 10.4. The van der Waals surface area contributed by atoms with Crippen molar-refractivity contribution in [3.8, 4) is 0 Å². The molecule has 4 nitrogen and oxygen atoms in total. The second-order valence-corrected chi connectivity index (χ2v) is 3.35. The molecule has 1 rings (SSSR count). The minimum absolute atomic E-state index is 0.498. The molecule has 0 spiro atoms. The summed E-state index contributed by atoms with van der Waals surface area (Å²) in [5.74, 6) is 0. The third kappa shape index (κ3) is 1.98. The lowest BCUT2D eigenvalue weighted by atomic mass is 9.97. The summed E-state index contributed by atoms with van der Waals surface area (Å²) in [7, 11) is 0. The van der Waals surface area contributed by atoms with Crippen molar-refractivity contribution in [3.05, 3.63) is 35.4 Å². The lowest BCUT2D eigenvalue weighted by Gasteiger charge is -2.27. The number of aliphatic hydroxyl groups is 1. The van der Waals surface area contributed by atoms with Gasteiger partial charge >= 0.3 is 0 Å². The predicted molar refractivity (Wildman–Crippen MR) is 53.6 cm³/mol. The Hall–Kier alpha value is -1.23. The zero-order valence-corrected chi connectivity index (χ0v) is 7.97.